The van der Waals surface area contributed by atoms with Crippen LogP contribution in [0.4, 0.5) is 0 Å². The number of rotatable bonds is 6. The molecule has 0 spiro atoms. The number of nitrogens with one attached hydrogen (secondary N) is 1. The molecule has 3 rings (SSSR count). The van der Waals surface area contributed by atoms with Crippen LogP contribution in [0.1, 0.15) is 5.56 Å². The van der Waals surface area contributed by atoms with Crippen LogP contribution in [-0.2, 0) is 4.79 Å². The van der Waals surface area contributed by atoms with Gasteiger partial charge in [-0.1, -0.05) is 42.5 Å². The number of hydrogen-bond acceptors (Lipinski definition) is 4. The number of halogens is 2. The number of phenols is 1. The third-order valence-electron chi connectivity index (χ3n) is 3.77. The number of carbonyl (C=O) groups excluding carboxylic acids is 1. The minimum atomic E-state index is -0.355. The summed E-state index contributed by atoms with van der Waals surface area (Å²) in [4.78, 5) is 11.9. The number of ether oxygens (including phenoxy) is 1. The van der Waals surface area contributed by atoms with E-state index in [1.807, 2.05) is 99.8 Å². The number of amides is 1. The molecular formula is C21H16I2N2O3. The Morgan fingerprint density at radius 2 is 1.61 bits per heavy atom. The normalized spacial score (nSPS) is 10.8. The molecule has 0 bridgehead atoms. The van der Waals surface area contributed by atoms with Gasteiger partial charge in [-0.2, -0.15) is 5.10 Å². The zero-order valence-corrected chi connectivity index (χ0v) is 18.9. The van der Waals surface area contributed by atoms with Crippen molar-refractivity contribution >= 4 is 57.3 Å². The van der Waals surface area contributed by atoms with E-state index < -0.39 is 0 Å². The monoisotopic (exact) mass is 598 g/mol. The first-order valence-electron chi connectivity index (χ1n) is 8.31. The maximum absolute atomic E-state index is 11.9. The highest BCUT2D eigenvalue weighted by Crippen LogP contribution is 2.26. The van der Waals surface area contributed by atoms with Crippen molar-refractivity contribution in [1.82, 2.24) is 5.43 Å². The van der Waals surface area contributed by atoms with Gasteiger partial charge in [-0.15, -0.1) is 0 Å². The summed E-state index contributed by atoms with van der Waals surface area (Å²) in [5.41, 5.74) is 5.42. The fraction of sp³-hybridized carbons (Fsp3) is 0.0476. The lowest BCUT2D eigenvalue weighted by atomic mass is 10.1. The smallest absolute Gasteiger partial charge is 0.277 e. The van der Waals surface area contributed by atoms with Crippen LogP contribution in [0.25, 0.3) is 11.1 Å². The Morgan fingerprint density at radius 3 is 2.25 bits per heavy atom. The van der Waals surface area contributed by atoms with Crippen molar-refractivity contribution in [3.63, 3.8) is 0 Å². The van der Waals surface area contributed by atoms with Gasteiger partial charge in [-0.05, 0) is 86.1 Å². The molecule has 0 aliphatic carbocycles. The first kappa shape index (κ1) is 20.6. The van der Waals surface area contributed by atoms with Crippen molar-refractivity contribution in [3.05, 3.63) is 79.4 Å². The predicted octanol–water partition coefficient (Wildman–Crippen LogP) is 4.80. The summed E-state index contributed by atoms with van der Waals surface area (Å²) in [5, 5.41) is 13.7. The zero-order chi connectivity index (χ0) is 19.9. The van der Waals surface area contributed by atoms with Crippen LogP contribution >= 0.6 is 45.2 Å². The first-order valence-corrected chi connectivity index (χ1v) is 10.5. The van der Waals surface area contributed by atoms with Crippen molar-refractivity contribution < 1.29 is 14.6 Å². The maximum Gasteiger partial charge on any atom is 0.277 e. The fourth-order valence-corrected chi connectivity index (χ4v) is 4.21. The van der Waals surface area contributed by atoms with Gasteiger partial charge in [0, 0.05) is 0 Å². The Kier molecular flexibility index (Phi) is 7.26. The highest BCUT2D eigenvalue weighted by atomic mass is 127. The van der Waals surface area contributed by atoms with Gasteiger partial charge in [0.15, 0.2) is 6.61 Å². The minimum absolute atomic E-state index is 0.132. The van der Waals surface area contributed by atoms with Crippen LogP contribution < -0.4 is 10.2 Å². The van der Waals surface area contributed by atoms with Crippen molar-refractivity contribution in [3.8, 4) is 22.6 Å². The Morgan fingerprint density at radius 1 is 1.00 bits per heavy atom. The van der Waals surface area contributed by atoms with Crippen LogP contribution in [0.15, 0.2) is 71.8 Å². The summed E-state index contributed by atoms with van der Waals surface area (Å²) in [6.07, 6.45) is 1.52. The Labute approximate surface area is 190 Å². The maximum atomic E-state index is 11.9. The molecule has 0 aliphatic rings. The summed E-state index contributed by atoms with van der Waals surface area (Å²) >= 11 is 4.09. The van der Waals surface area contributed by atoms with Crippen LogP contribution in [0.5, 0.6) is 11.5 Å². The summed E-state index contributed by atoms with van der Waals surface area (Å²) in [6.45, 7) is -0.132. The van der Waals surface area contributed by atoms with Crippen molar-refractivity contribution in [2.24, 2.45) is 5.10 Å². The number of benzene rings is 3. The summed E-state index contributed by atoms with van der Waals surface area (Å²) in [7, 11) is 0. The molecule has 3 aromatic rings. The second-order valence-electron chi connectivity index (χ2n) is 5.81. The molecule has 3 aromatic carbocycles. The number of aromatic hydroxyl groups is 1. The molecular weight excluding hydrogens is 582 g/mol. The molecule has 142 valence electrons. The van der Waals surface area contributed by atoms with Crippen molar-refractivity contribution in [2.45, 2.75) is 0 Å². The largest absolute Gasteiger partial charge is 0.506 e. The molecule has 0 heterocycles. The van der Waals surface area contributed by atoms with Gasteiger partial charge >= 0.3 is 0 Å². The van der Waals surface area contributed by atoms with Gasteiger partial charge in [0.05, 0.1) is 13.4 Å². The number of phenolic OH excluding ortho intramolecular Hbond substituents is 1. The second kappa shape index (κ2) is 9.87. The van der Waals surface area contributed by atoms with Gasteiger partial charge in [-0.25, -0.2) is 5.43 Å². The molecule has 0 aromatic heterocycles. The van der Waals surface area contributed by atoms with Crippen LogP contribution in [0.3, 0.4) is 0 Å². The van der Waals surface area contributed by atoms with E-state index in [2.05, 4.69) is 10.5 Å². The quantitative estimate of drug-likeness (QED) is 0.244. The average Bonchev–Trinajstić information content (AvgIpc) is 2.71. The summed E-state index contributed by atoms with van der Waals surface area (Å²) in [5.74, 6) is 0.502. The van der Waals surface area contributed by atoms with E-state index in [-0.39, 0.29) is 18.3 Å². The molecule has 0 atom stereocenters. The molecule has 0 unspecified atom stereocenters. The number of carbonyl (C=O) groups is 1. The van der Waals surface area contributed by atoms with Gasteiger partial charge in [0.2, 0.25) is 0 Å². The standard InChI is InChI=1S/C21H16I2N2O3/c22-18-10-14(11-19(23)21(18)27)12-24-25-20(26)13-28-17-8-6-16(7-9-17)15-4-2-1-3-5-15/h1-12,27H,13H2,(H,25,26)/b24-12-. The third kappa shape index (κ3) is 5.68. The number of nitrogens with zero attached hydrogens (tertiary/aromatic N) is 1. The lowest BCUT2D eigenvalue weighted by molar-refractivity contribution is -0.123. The van der Waals surface area contributed by atoms with Crippen LogP contribution in [0.2, 0.25) is 0 Å². The van der Waals surface area contributed by atoms with E-state index in [4.69, 9.17) is 4.74 Å². The lowest BCUT2D eigenvalue weighted by Crippen LogP contribution is -2.24. The van der Waals surface area contributed by atoms with Gasteiger partial charge in [0.1, 0.15) is 11.5 Å². The van der Waals surface area contributed by atoms with E-state index in [1.165, 1.54) is 6.21 Å². The van der Waals surface area contributed by atoms with Crippen LogP contribution in [-0.4, -0.2) is 23.8 Å². The van der Waals surface area contributed by atoms with E-state index in [0.29, 0.717) is 5.75 Å². The predicted molar refractivity (Wildman–Crippen MR) is 127 cm³/mol. The topological polar surface area (TPSA) is 70.9 Å². The highest BCUT2D eigenvalue weighted by molar-refractivity contribution is 14.1. The van der Waals surface area contributed by atoms with Gasteiger partial charge < -0.3 is 9.84 Å². The Hall–Kier alpha value is -2.14. The Bertz CT molecular complexity index is 967. The van der Waals surface area contributed by atoms with Crippen LogP contribution in [0, 0.1) is 7.14 Å². The molecule has 1 amide bonds. The van der Waals surface area contributed by atoms with Gasteiger partial charge in [0.25, 0.3) is 5.91 Å². The summed E-state index contributed by atoms with van der Waals surface area (Å²) in [6, 6.07) is 21.2. The van der Waals surface area contributed by atoms with E-state index in [1.54, 1.807) is 12.1 Å². The van der Waals surface area contributed by atoms with Crippen molar-refractivity contribution in [1.29, 1.82) is 0 Å². The molecule has 2 N–H and O–H groups in total. The summed E-state index contributed by atoms with van der Waals surface area (Å²) < 4.78 is 6.94. The molecule has 0 fully saturated rings. The van der Waals surface area contributed by atoms with Crippen molar-refractivity contribution in [2.75, 3.05) is 6.61 Å². The zero-order valence-electron chi connectivity index (χ0n) is 14.6. The second-order valence-corrected chi connectivity index (χ2v) is 8.13. The lowest BCUT2D eigenvalue weighted by Gasteiger charge is -2.07. The number of hydrazone groups is 1. The van der Waals surface area contributed by atoms with Gasteiger partial charge in [-0.3, -0.25) is 4.79 Å². The first-order chi connectivity index (χ1) is 13.5. The molecule has 5 nitrogen and oxygen atoms in total. The number of hydrogen-bond donors (Lipinski definition) is 2. The Balaban J connectivity index is 1.50. The van der Waals surface area contributed by atoms with E-state index >= 15 is 0 Å². The minimum Gasteiger partial charge on any atom is -0.506 e. The third-order valence-corrected chi connectivity index (χ3v) is 5.42. The molecule has 0 saturated heterocycles. The molecule has 28 heavy (non-hydrogen) atoms. The average molecular weight is 598 g/mol. The van der Waals surface area contributed by atoms with E-state index in [9.17, 15) is 9.90 Å². The fourth-order valence-electron chi connectivity index (χ4n) is 2.39. The van der Waals surface area contributed by atoms with E-state index in [0.717, 1.165) is 23.8 Å². The molecule has 0 aliphatic heterocycles. The molecule has 0 saturated carbocycles. The highest BCUT2D eigenvalue weighted by Gasteiger charge is 2.05. The molecule has 7 heteroatoms. The SMILES string of the molecule is O=C(COc1ccc(-c2ccccc2)cc1)N/N=C\c1cc(I)c(O)c(I)c1. The molecule has 0 radical (unpaired) electrons.